The standard InChI is InChI=1S/C14H21BClNO2S/c1-13(2)14(3,4)19-15(18-13)11-7-6-10(8-12(11)16)9-17-20-5/h6-8,17H,9H2,1-5H3. The van der Waals surface area contributed by atoms with Gasteiger partial charge in [0.25, 0.3) is 0 Å². The summed E-state index contributed by atoms with van der Waals surface area (Å²) in [6.07, 6.45) is 2.00. The molecule has 0 aromatic heterocycles. The van der Waals surface area contributed by atoms with Crippen LogP contribution in [0.1, 0.15) is 33.3 Å². The second kappa shape index (κ2) is 5.89. The molecule has 2 rings (SSSR count). The van der Waals surface area contributed by atoms with E-state index in [2.05, 4.69) is 10.8 Å². The van der Waals surface area contributed by atoms with Crippen molar-refractivity contribution in [3.8, 4) is 0 Å². The predicted octanol–water partition coefficient (Wildman–Crippen LogP) is 3.01. The average Bonchev–Trinajstić information content (AvgIpc) is 2.55. The Morgan fingerprint density at radius 1 is 1.20 bits per heavy atom. The van der Waals surface area contributed by atoms with Crippen molar-refractivity contribution in [1.82, 2.24) is 4.72 Å². The third kappa shape index (κ3) is 3.17. The van der Waals surface area contributed by atoms with Gasteiger partial charge in [-0.25, -0.2) is 0 Å². The first kappa shape index (κ1) is 16.2. The number of benzene rings is 1. The van der Waals surface area contributed by atoms with Crippen molar-refractivity contribution in [2.75, 3.05) is 6.26 Å². The molecule has 1 heterocycles. The van der Waals surface area contributed by atoms with Crippen molar-refractivity contribution in [3.63, 3.8) is 0 Å². The van der Waals surface area contributed by atoms with Gasteiger partial charge in [0.1, 0.15) is 0 Å². The van der Waals surface area contributed by atoms with Gasteiger partial charge in [0.05, 0.1) is 11.2 Å². The summed E-state index contributed by atoms with van der Waals surface area (Å²) in [5.74, 6) is 0. The van der Waals surface area contributed by atoms with E-state index in [1.807, 2.05) is 46.1 Å². The molecule has 3 nitrogen and oxygen atoms in total. The fourth-order valence-corrected chi connectivity index (χ4v) is 2.60. The summed E-state index contributed by atoms with van der Waals surface area (Å²) in [5.41, 5.74) is 1.34. The molecule has 0 radical (unpaired) electrons. The second-order valence-electron chi connectivity index (χ2n) is 5.97. The Kier molecular flexibility index (Phi) is 4.77. The lowest BCUT2D eigenvalue weighted by Gasteiger charge is -2.32. The molecule has 110 valence electrons. The van der Waals surface area contributed by atoms with Gasteiger partial charge in [-0.3, -0.25) is 4.72 Å². The predicted molar refractivity (Wildman–Crippen MR) is 87.5 cm³/mol. The first-order valence-corrected chi connectivity index (χ1v) is 8.27. The summed E-state index contributed by atoms with van der Waals surface area (Å²) in [4.78, 5) is 0. The highest BCUT2D eigenvalue weighted by molar-refractivity contribution is 7.96. The Bertz CT molecular complexity index is 480. The first-order valence-electron chi connectivity index (χ1n) is 6.66. The fourth-order valence-electron chi connectivity index (χ4n) is 2.00. The third-order valence-corrected chi connectivity index (χ3v) is 4.75. The van der Waals surface area contributed by atoms with Gasteiger partial charge in [-0.05, 0) is 45.6 Å². The van der Waals surface area contributed by atoms with Crippen molar-refractivity contribution in [3.05, 3.63) is 28.8 Å². The van der Waals surface area contributed by atoms with E-state index < -0.39 is 7.12 Å². The number of hydrogen-bond donors (Lipinski definition) is 1. The molecule has 0 aliphatic carbocycles. The fraction of sp³-hybridized carbons (Fsp3) is 0.571. The minimum Gasteiger partial charge on any atom is -0.399 e. The van der Waals surface area contributed by atoms with E-state index >= 15 is 0 Å². The van der Waals surface area contributed by atoms with E-state index in [9.17, 15) is 0 Å². The Morgan fingerprint density at radius 3 is 2.30 bits per heavy atom. The Labute approximate surface area is 131 Å². The van der Waals surface area contributed by atoms with E-state index in [0.29, 0.717) is 5.02 Å². The lowest BCUT2D eigenvalue weighted by molar-refractivity contribution is 0.00578. The normalized spacial score (nSPS) is 20.4. The van der Waals surface area contributed by atoms with Crippen molar-refractivity contribution < 1.29 is 9.31 Å². The Balaban J connectivity index is 2.19. The maximum atomic E-state index is 6.38. The van der Waals surface area contributed by atoms with E-state index in [1.165, 1.54) is 0 Å². The molecule has 1 saturated heterocycles. The van der Waals surface area contributed by atoms with Gasteiger partial charge in [-0.1, -0.05) is 35.7 Å². The Hall–Kier alpha value is -0.195. The van der Waals surface area contributed by atoms with Crippen molar-refractivity contribution in [1.29, 1.82) is 0 Å². The molecule has 1 fully saturated rings. The van der Waals surface area contributed by atoms with E-state index in [1.54, 1.807) is 11.9 Å². The van der Waals surface area contributed by atoms with Gasteiger partial charge in [0, 0.05) is 17.0 Å². The van der Waals surface area contributed by atoms with Gasteiger partial charge in [0.15, 0.2) is 0 Å². The first-order chi connectivity index (χ1) is 9.27. The average molecular weight is 314 g/mol. The van der Waals surface area contributed by atoms with Crippen LogP contribution in [0.25, 0.3) is 0 Å². The van der Waals surface area contributed by atoms with E-state index in [-0.39, 0.29) is 11.2 Å². The molecular formula is C14H21BClNO2S. The lowest BCUT2D eigenvalue weighted by Crippen LogP contribution is -2.41. The number of halogens is 1. The largest absolute Gasteiger partial charge is 0.496 e. The quantitative estimate of drug-likeness (QED) is 0.684. The molecule has 1 N–H and O–H groups in total. The third-order valence-electron chi connectivity index (χ3n) is 3.99. The molecular weight excluding hydrogens is 292 g/mol. The highest BCUT2D eigenvalue weighted by Gasteiger charge is 2.52. The molecule has 1 aliphatic rings. The molecule has 0 spiro atoms. The lowest BCUT2D eigenvalue weighted by atomic mass is 9.78. The summed E-state index contributed by atoms with van der Waals surface area (Å²) < 4.78 is 15.3. The number of rotatable bonds is 4. The van der Waals surface area contributed by atoms with Crippen LogP contribution in [0.15, 0.2) is 18.2 Å². The zero-order chi connectivity index (χ0) is 15.0. The number of hydrogen-bond acceptors (Lipinski definition) is 4. The zero-order valence-electron chi connectivity index (χ0n) is 12.6. The van der Waals surface area contributed by atoms with Crippen LogP contribution in [-0.2, 0) is 15.9 Å². The topological polar surface area (TPSA) is 30.5 Å². The number of nitrogens with one attached hydrogen (secondary N) is 1. The minimum atomic E-state index is -0.407. The van der Waals surface area contributed by atoms with Crippen LogP contribution in [0, 0.1) is 0 Å². The molecule has 0 saturated carbocycles. The maximum absolute atomic E-state index is 6.38. The summed E-state index contributed by atoms with van der Waals surface area (Å²) in [6, 6.07) is 6.00. The van der Waals surface area contributed by atoms with Crippen LogP contribution in [0.3, 0.4) is 0 Å². The van der Waals surface area contributed by atoms with Crippen LogP contribution in [-0.4, -0.2) is 24.6 Å². The monoisotopic (exact) mass is 313 g/mol. The summed E-state index contributed by atoms with van der Waals surface area (Å²) in [6.45, 7) is 8.94. The van der Waals surface area contributed by atoms with E-state index in [0.717, 1.165) is 17.6 Å². The van der Waals surface area contributed by atoms with Crippen LogP contribution in [0.2, 0.25) is 5.02 Å². The zero-order valence-corrected chi connectivity index (χ0v) is 14.2. The van der Waals surface area contributed by atoms with Crippen LogP contribution < -0.4 is 10.2 Å². The minimum absolute atomic E-state index is 0.347. The SMILES string of the molecule is CSNCc1ccc(B2OC(C)(C)C(C)(C)O2)c(Cl)c1. The van der Waals surface area contributed by atoms with Crippen LogP contribution in [0.5, 0.6) is 0 Å². The van der Waals surface area contributed by atoms with Gasteiger partial charge >= 0.3 is 7.12 Å². The van der Waals surface area contributed by atoms with Crippen molar-refractivity contribution >= 4 is 36.1 Å². The van der Waals surface area contributed by atoms with Crippen LogP contribution in [0.4, 0.5) is 0 Å². The van der Waals surface area contributed by atoms with Crippen molar-refractivity contribution in [2.24, 2.45) is 0 Å². The van der Waals surface area contributed by atoms with Crippen molar-refractivity contribution in [2.45, 2.75) is 45.4 Å². The smallest absolute Gasteiger partial charge is 0.399 e. The molecule has 1 aromatic rings. The molecule has 0 bridgehead atoms. The molecule has 20 heavy (non-hydrogen) atoms. The highest BCUT2D eigenvalue weighted by Crippen LogP contribution is 2.37. The van der Waals surface area contributed by atoms with E-state index in [4.69, 9.17) is 20.9 Å². The van der Waals surface area contributed by atoms with Gasteiger partial charge in [-0.2, -0.15) is 0 Å². The maximum Gasteiger partial charge on any atom is 0.496 e. The molecule has 1 aromatic carbocycles. The highest BCUT2D eigenvalue weighted by atomic mass is 35.5. The van der Waals surface area contributed by atoms with Crippen LogP contribution >= 0.6 is 23.5 Å². The molecule has 0 unspecified atom stereocenters. The second-order valence-corrected chi connectivity index (χ2v) is 7.07. The Morgan fingerprint density at radius 2 is 1.80 bits per heavy atom. The molecule has 0 atom stereocenters. The summed E-state index contributed by atoms with van der Waals surface area (Å²) in [7, 11) is -0.407. The van der Waals surface area contributed by atoms with Gasteiger partial charge in [0.2, 0.25) is 0 Å². The molecule has 1 aliphatic heterocycles. The van der Waals surface area contributed by atoms with Gasteiger partial charge in [-0.15, -0.1) is 0 Å². The van der Waals surface area contributed by atoms with Gasteiger partial charge < -0.3 is 9.31 Å². The molecule has 6 heteroatoms. The summed E-state index contributed by atoms with van der Waals surface area (Å²) >= 11 is 7.97. The molecule has 0 amide bonds. The summed E-state index contributed by atoms with van der Waals surface area (Å²) in [5, 5.41) is 0.684.